The summed E-state index contributed by atoms with van der Waals surface area (Å²) in [6, 6.07) is 0. The van der Waals surface area contributed by atoms with Gasteiger partial charge in [-0.05, 0) is 12.8 Å². The van der Waals surface area contributed by atoms with Crippen LogP contribution in [0.1, 0.15) is 32.6 Å². The van der Waals surface area contributed by atoms with E-state index in [0.29, 0.717) is 13.2 Å². The molecule has 0 aliphatic heterocycles. The van der Waals surface area contributed by atoms with Crippen LogP contribution in [0.25, 0.3) is 0 Å². The fourth-order valence-electron chi connectivity index (χ4n) is 1.00. The predicted molar refractivity (Wildman–Crippen MR) is 54.8 cm³/mol. The second kappa shape index (κ2) is 11.9. The van der Waals surface area contributed by atoms with Crippen LogP contribution < -0.4 is 5.73 Å². The Kier molecular flexibility index (Phi) is 11.8. The fraction of sp³-hybridized carbons (Fsp3) is 1.00. The Labute approximate surface area is 81.6 Å². The average molecular weight is 189 g/mol. The van der Waals surface area contributed by atoms with Crippen molar-refractivity contribution in [1.29, 1.82) is 0 Å². The van der Waals surface area contributed by atoms with Crippen LogP contribution in [0.2, 0.25) is 0 Å². The summed E-state index contributed by atoms with van der Waals surface area (Å²) in [6.07, 6.45) is 4.68. The number of ether oxygens (including phenoxy) is 2. The Morgan fingerprint density at radius 3 is 2.08 bits per heavy atom. The van der Waals surface area contributed by atoms with Crippen LogP contribution >= 0.6 is 0 Å². The Morgan fingerprint density at radius 1 is 0.846 bits per heavy atom. The topological polar surface area (TPSA) is 44.5 Å². The van der Waals surface area contributed by atoms with E-state index >= 15 is 0 Å². The van der Waals surface area contributed by atoms with Gasteiger partial charge in [0.2, 0.25) is 0 Å². The van der Waals surface area contributed by atoms with Crippen molar-refractivity contribution in [3.63, 3.8) is 0 Å². The number of unbranched alkanes of at least 4 members (excludes halogenated alkanes) is 2. The summed E-state index contributed by atoms with van der Waals surface area (Å²) >= 11 is 0. The van der Waals surface area contributed by atoms with Crippen molar-refractivity contribution in [3.05, 3.63) is 0 Å². The van der Waals surface area contributed by atoms with E-state index in [4.69, 9.17) is 15.2 Å². The zero-order valence-corrected chi connectivity index (χ0v) is 8.76. The highest BCUT2D eigenvalue weighted by Crippen LogP contribution is 1.94. The van der Waals surface area contributed by atoms with Crippen LogP contribution in [0.15, 0.2) is 0 Å². The zero-order chi connectivity index (χ0) is 9.78. The highest BCUT2D eigenvalue weighted by atomic mass is 16.5. The fourth-order valence-corrected chi connectivity index (χ4v) is 1.00. The zero-order valence-electron chi connectivity index (χ0n) is 8.76. The molecule has 3 heteroatoms. The van der Waals surface area contributed by atoms with Crippen LogP contribution in [0.3, 0.4) is 0 Å². The monoisotopic (exact) mass is 189 g/mol. The van der Waals surface area contributed by atoms with Gasteiger partial charge in [0.25, 0.3) is 0 Å². The van der Waals surface area contributed by atoms with Crippen molar-refractivity contribution < 1.29 is 9.47 Å². The minimum atomic E-state index is 0.608. The van der Waals surface area contributed by atoms with Crippen molar-refractivity contribution in [2.24, 2.45) is 5.73 Å². The van der Waals surface area contributed by atoms with Gasteiger partial charge in [-0.3, -0.25) is 0 Å². The van der Waals surface area contributed by atoms with Gasteiger partial charge in [0.05, 0.1) is 6.61 Å². The smallest absolute Gasteiger partial charge is 0.0588 e. The van der Waals surface area contributed by atoms with E-state index in [1.807, 2.05) is 0 Å². The SMILES string of the molecule is CCCCCOCCCOCCN. The number of hydrogen-bond acceptors (Lipinski definition) is 3. The first-order chi connectivity index (χ1) is 6.41. The average Bonchev–Trinajstić information content (AvgIpc) is 2.16. The van der Waals surface area contributed by atoms with Crippen LogP contribution in [0, 0.1) is 0 Å². The van der Waals surface area contributed by atoms with Gasteiger partial charge in [-0.15, -0.1) is 0 Å². The normalized spacial score (nSPS) is 10.6. The third kappa shape index (κ3) is 11.9. The molecule has 0 bridgehead atoms. The molecule has 0 aromatic heterocycles. The Balaban J connectivity index is 2.76. The Morgan fingerprint density at radius 2 is 1.46 bits per heavy atom. The van der Waals surface area contributed by atoms with Gasteiger partial charge >= 0.3 is 0 Å². The maximum atomic E-state index is 5.40. The lowest BCUT2D eigenvalue weighted by atomic mass is 10.3. The summed E-state index contributed by atoms with van der Waals surface area (Å²) in [5.41, 5.74) is 5.27. The molecule has 0 fully saturated rings. The van der Waals surface area contributed by atoms with E-state index in [1.54, 1.807) is 0 Å². The molecule has 0 radical (unpaired) electrons. The van der Waals surface area contributed by atoms with Gasteiger partial charge < -0.3 is 15.2 Å². The molecule has 0 rings (SSSR count). The molecule has 0 aromatic carbocycles. The second-order valence-electron chi connectivity index (χ2n) is 3.07. The molecular formula is C10H23NO2. The molecule has 13 heavy (non-hydrogen) atoms. The van der Waals surface area contributed by atoms with Crippen molar-refractivity contribution >= 4 is 0 Å². The summed E-state index contributed by atoms with van der Waals surface area (Å²) in [7, 11) is 0. The maximum Gasteiger partial charge on any atom is 0.0588 e. The first-order valence-electron chi connectivity index (χ1n) is 5.27. The van der Waals surface area contributed by atoms with E-state index in [0.717, 1.165) is 26.2 Å². The molecule has 2 N–H and O–H groups in total. The molecule has 0 aromatic rings. The van der Waals surface area contributed by atoms with Gasteiger partial charge in [-0.25, -0.2) is 0 Å². The highest BCUT2D eigenvalue weighted by Gasteiger charge is 1.90. The lowest BCUT2D eigenvalue weighted by Gasteiger charge is -2.04. The van der Waals surface area contributed by atoms with Crippen LogP contribution in [-0.4, -0.2) is 33.0 Å². The van der Waals surface area contributed by atoms with E-state index in [-0.39, 0.29) is 0 Å². The second-order valence-corrected chi connectivity index (χ2v) is 3.07. The van der Waals surface area contributed by atoms with E-state index < -0.39 is 0 Å². The van der Waals surface area contributed by atoms with Crippen molar-refractivity contribution in [2.45, 2.75) is 32.6 Å². The lowest BCUT2D eigenvalue weighted by Crippen LogP contribution is -2.10. The van der Waals surface area contributed by atoms with Crippen LogP contribution in [-0.2, 0) is 9.47 Å². The summed E-state index contributed by atoms with van der Waals surface area (Å²) in [5, 5.41) is 0. The van der Waals surface area contributed by atoms with Crippen molar-refractivity contribution in [2.75, 3.05) is 33.0 Å². The minimum absolute atomic E-state index is 0.608. The third-order valence-electron chi connectivity index (χ3n) is 1.73. The molecule has 0 amide bonds. The summed E-state index contributed by atoms with van der Waals surface area (Å²) in [6.45, 7) is 5.94. The first kappa shape index (κ1) is 12.9. The predicted octanol–water partition coefficient (Wildman–Crippen LogP) is 1.56. The van der Waals surface area contributed by atoms with E-state index in [9.17, 15) is 0 Å². The number of nitrogens with two attached hydrogens (primary N) is 1. The van der Waals surface area contributed by atoms with E-state index in [1.165, 1.54) is 19.3 Å². The molecule has 0 atom stereocenters. The van der Waals surface area contributed by atoms with Gasteiger partial charge in [-0.2, -0.15) is 0 Å². The molecule has 0 aliphatic carbocycles. The summed E-state index contributed by atoms with van der Waals surface area (Å²) in [4.78, 5) is 0. The van der Waals surface area contributed by atoms with Gasteiger partial charge in [0.15, 0.2) is 0 Å². The van der Waals surface area contributed by atoms with Crippen LogP contribution in [0.4, 0.5) is 0 Å². The number of hydrogen-bond donors (Lipinski definition) is 1. The highest BCUT2D eigenvalue weighted by molar-refractivity contribution is 4.39. The van der Waals surface area contributed by atoms with E-state index in [2.05, 4.69) is 6.92 Å². The quantitative estimate of drug-likeness (QED) is 0.530. The lowest BCUT2D eigenvalue weighted by molar-refractivity contribution is 0.0841. The minimum Gasteiger partial charge on any atom is -0.381 e. The molecule has 0 spiro atoms. The maximum absolute atomic E-state index is 5.40. The molecule has 0 saturated heterocycles. The molecule has 0 aliphatic rings. The van der Waals surface area contributed by atoms with Crippen molar-refractivity contribution in [3.8, 4) is 0 Å². The third-order valence-corrected chi connectivity index (χ3v) is 1.73. The molecule has 0 heterocycles. The standard InChI is InChI=1S/C10H23NO2/c1-2-3-4-7-12-8-5-9-13-10-6-11/h2-11H2,1H3. The number of rotatable bonds is 10. The van der Waals surface area contributed by atoms with Gasteiger partial charge in [-0.1, -0.05) is 19.8 Å². The summed E-state index contributed by atoms with van der Waals surface area (Å²) in [5.74, 6) is 0. The van der Waals surface area contributed by atoms with Crippen LogP contribution in [0.5, 0.6) is 0 Å². The Bertz CT molecular complexity index is 79.0. The molecular weight excluding hydrogens is 166 g/mol. The Hall–Kier alpha value is -0.120. The molecule has 0 unspecified atom stereocenters. The first-order valence-corrected chi connectivity index (χ1v) is 5.27. The molecule has 0 saturated carbocycles. The van der Waals surface area contributed by atoms with Gasteiger partial charge in [0.1, 0.15) is 0 Å². The summed E-state index contributed by atoms with van der Waals surface area (Å²) < 4.78 is 10.6. The van der Waals surface area contributed by atoms with Crippen molar-refractivity contribution in [1.82, 2.24) is 0 Å². The largest absolute Gasteiger partial charge is 0.381 e. The van der Waals surface area contributed by atoms with Gasteiger partial charge in [0, 0.05) is 26.4 Å². The molecule has 3 nitrogen and oxygen atoms in total. The molecule has 80 valence electrons.